The zero-order chi connectivity index (χ0) is 17.5. The van der Waals surface area contributed by atoms with E-state index in [9.17, 15) is 0 Å². The highest BCUT2D eigenvalue weighted by Gasteiger charge is 2.09. The molecular weight excluding hydrogens is 358 g/mol. The van der Waals surface area contributed by atoms with Crippen LogP contribution in [0.4, 0.5) is 5.13 Å². The van der Waals surface area contributed by atoms with E-state index < -0.39 is 0 Å². The second-order valence-electron chi connectivity index (χ2n) is 4.95. The topological polar surface area (TPSA) is 65.8 Å². The third-order valence-electron chi connectivity index (χ3n) is 3.19. The molecule has 0 amide bonds. The third-order valence-corrected chi connectivity index (χ3v) is 4.71. The molecule has 3 rings (SSSR count). The van der Waals surface area contributed by atoms with E-state index in [1.807, 2.05) is 35.0 Å². The molecule has 0 saturated carbocycles. The molecular formula is C17H17N3O3S2. The fraction of sp³-hybridized carbons (Fsp3) is 0.235. The summed E-state index contributed by atoms with van der Waals surface area (Å²) in [6.45, 7) is 4.97. The van der Waals surface area contributed by atoms with E-state index in [1.165, 1.54) is 22.7 Å². The Bertz CT molecular complexity index is 832. The number of nitrogens with zero attached hydrogens (tertiary/aromatic N) is 3. The molecule has 0 atom stereocenters. The number of methoxy groups -OCH3 is 1. The van der Waals surface area contributed by atoms with Gasteiger partial charge in [0.05, 0.1) is 6.61 Å². The Morgan fingerprint density at radius 2 is 1.92 bits per heavy atom. The molecule has 1 aromatic carbocycles. The number of hydrogen-bond donors (Lipinski definition) is 0. The molecule has 0 aliphatic rings. The minimum absolute atomic E-state index is 0.422. The maximum absolute atomic E-state index is 5.77. The summed E-state index contributed by atoms with van der Waals surface area (Å²) in [5.41, 5.74) is 2.58. The van der Waals surface area contributed by atoms with Gasteiger partial charge in [-0.15, -0.1) is 11.3 Å². The third kappa shape index (κ3) is 4.85. The van der Waals surface area contributed by atoms with Crippen molar-refractivity contribution in [3.8, 4) is 22.3 Å². The summed E-state index contributed by atoms with van der Waals surface area (Å²) in [4.78, 5) is 12.6. The molecule has 3 aromatic rings. The van der Waals surface area contributed by atoms with Gasteiger partial charge in [0.2, 0.25) is 5.13 Å². The normalized spacial score (nSPS) is 10.6. The molecule has 130 valence electrons. The van der Waals surface area contributed by atoms with E-state index in [4.69, 9.17) is 14.2 Å². The first kappa shape index (κ1) is 17.5. The Hall–Kier alpha value is -2.29. The van der Waals surface area contributed by atoms with Crippen molar-refractivity contribution >= 4 is 34.5 Å². The van der Waals surface area contributed by atoms with E-state index >= 15 is 0 Å². The lowest BCUT2D eigenvalue weighted by atomic mass is 10.2. The number of benzene rings is 1. The van der Waals surface area contributed by atoms with Crippen molar-refractivity contribution in [2.45, 2.75) is 6.61 Å². The predicted molar refractivity (Wildman–Crippen MR) is 101 cm³/mol. The first-order valence-electron chi connectivity index (χ1n) is 7.50. The van der Waals surface area contributed by atoms with Crippen molar-refractivity contribution in [2.75, 3.05) is 20.3 Å². The SMILES string of the molecule is C=Nc1nc(-c2csc(OCc3cccc(OCCOC)c3)n2)cs1. The van der Waals surface area contributed by atoms with E-state index in [1.54, 1.807) is 7.11 Å². The number of rotatable bonds is 9. The Morgan fingerprint density at radius 1 is 1.08 bits per heavy atom. The van der Waals surface area contributed by atoms with Gasteiger partial charge in [-0.2, -0.15) is 0 Å². The molecule has 0 aliphatic heterocycles. The summed E-state index contributed by atoms with van der Waals surface area (Å²) < 4.78 is 16.4. The van der Waals surface area contributed by atoms with Crippen LogP contribution in [0.25, 0.3) is 11.4 Å². The van der Waals surface area contributed by atoms with Crippen LogP contribution < -0.4 is 9.47 Å². The number of aliphatic imine (C=N–C) groups is 1. The van der Waals surface area contributed by atoms with Crippen LogP contribution in [-0.2, 0) is 11.3 Å². The Morgan fingerprint density at radius 3 is 2.72 bits per heavy atom. The van der Waals surface area contributed by atoms with E-state index in [2.05, 4.69) is 21.7 Å². The summed E-state index contributed by atoms with van der Waals surface area (Å²) in [5, 5.41) is 5.06. The van der Waals surface area contributed by atoms with Gasteiger partial charge in [-0.25, -0.2) is 15.0 Å². The number of ether oxygens (including phenoxy) is 3. The summed E-state index contributed by atoms with van der Waals surface area (Å²) in [7, 11) is 1.65. The van der Waals surface area contributed by atoms with Gasteiger partial charge in [-0.3, -0.25) is 0 Å². The van der Waals surface area contributed by atoms with Gasteiger partial charge in [-0.1, -0.05) is 23.5 Å². The van der Waals surface area contributed by atoms with Gasteiger partial charge in [0.15, 0.2) is 0 Å². The number of aromatic nitrogens is 2. The predicted octanol–water partition coefficient (Wildman–Crippen LogP) is 4.20. The lowest BCUT2D eigenvalue weighted by molar-refractivity contribution is 0.146. The molecule has 0 aliphatic carbocycles. The fourth-order valence-electron chi connectivity index (χ4n) is 2.01. The van der Waals surface area contributed by atoms with Crippen LogP contribution in [0.3, 0.4) is 0 Å². The molecule has 2 aromatic heterocycles. The summed E-state index contributed by atoms with van der Waals surface area (Å²) in [6.07, 6.45) is 0. The van der Waals surface area contributed by atoms with E-state index in [0.29, 0.717) is 30.1 Å². The zero-order valence-electron chi connectivity index (χ0n) is 13.7. The molecule has 2 heterocycles. The first-order valence-corrected chi connectivity index (χ1v) is 9.26. The average molecular weight is 375 g/mol. The highest BCUT2D eigenvalue weighted by Crippen LogP contribution is 2.30. The largest absolute Gasteiger partial charge is 0.491 e. The van der Waals surface area contributed by atoms with Crippen molar-refractivity contribution < 1.29 is 14.2 Å². The van der Waals surface area contributed by atoms with E-state index in [-0.39, 0.29) is 0 Å². The lowest BCUT2D eigenvalue weighted by Gasteiger charge is -2.07. The first-order chi connectivity index (χ1) is 12.3. The Balaban J connectivity index is 1.58. The molecule has 25 heavy (non-hydrogen) atoms. The lowest BCUT2D eigenvalue weighted by Crippen LogP contribution is -2.04. The van der Waals surface area contributed by atoms with Gasteiger partial charge < -0.3 is 14.2 Å². The Kier molecular flexibility index (Phi) is 6.10. The van der Waals surface area contributed by atoms with Crippen LogP contribution >= 0.6 is 22.7 Å². The molecule has 0 fully saturated rings. The second-order valence-corrected chi connectivity index (χ2v) is 6.61. The van der Waals surface area contributed by atoms with Crippen LogP contribution in [0.2, 0.25) is 0 Å². The van der Waals surface area contributed by atoms with Crippen LogP contribution in [0.15, 0.2) is 40.0 Å². The van der Waals surface area contributed by atoms with Crippen molar-refractivity contribution in [1.29, 1.82) is 0 Å². The highest BCUT2D eigenvalue weighted by molar-refractivity contribution is 7.14. The van der Waals surface area contributed by atoms with Crippen LogP contribution in [-0.4, -0.2) is 37.0 Å². The van der Waals surface area contributed by atoms with Crippen molar-refractivity contribution in [1.82, 2.24) is 9.97 Å². The zero-order valence-corrected chi connectivity index (χ0v) is 15.3. The molecule has 0 N–H and O–H groups in total. The molecule has 6 nitrogen and oxygen atoms in total. The van der Waals surface area contributed by atoms with Gasteiger partial charge in [0.25, 0.3) is 5.19 Å². The Labute approximate surface area is 153 Å². The molecule has 0 radical (unpaired) electrons. The number of hydrogen-bond acceptors (Lipinski definition) is 8. The molecule has 0 saturated heterocycles. The monoisotopic (exact) mass is 375 g/mol. The maximum Gasteiger partial charge on any atom is 0.274 e. The summed E-state index contributed by atoms with van der Waals surface area (Å²) in [6, 6.07) is 7.79. The van der Waals surface area contributed by atoms with Crippen molar-refractivity contribution in [2.24, 2.45) is 4.99 Å². The fourth-order valence-corrected chi connectivity index (χ4v) is 3.29. The maximum atomic E-state index is 5.77. The minimum atomic E-state index is 0.422. The smallest absolute Gasteiger partial charge is 0.274 e. The molecule has 0 bridgehead atoms. The quantitative estimate of drug-likeness (QED) is 0.414. The summed E-state index contributed by atoms with van der Waals surface area (Å²) >= 11 is 2.87. The highest BCUT2D eigenvalue weighted by atomic mass is 32.1. The van der Waals surface area contributed by atoms with Gasteiger partial charge in [0, 0.05) is 17.9 Å². The van der Waals surface area contributed by atoms with Crippen LogP contribution in [0.5, 0.6) is 10.9 Å². The average Bonchev–Trinajstić information content (AvgIpc) is 3.29. The van der Waals surface area contributed by atoms with Crippen LogP contribution in [0, 0.1) is 0 Å². The van der Waals surface area contributed by atoms with Crippen LogP contribution in [0.1, 0.15) is 5.56 Å². The van der Waals surface area contributed by atoms with Gasteiger partial charge >= 0.3 is 0 Å². The summed E-state index contributed by atoms with van der Waals surface area (Å²) in [5.74, 6) is 0.796. The van der Waals surface area contributed by atoms with Gasteiger partial charge in [-0.05, 0) is 24.4 Å². The molecule has 8 heteroatoms. The van der Waals surface area contributed by atoms with Crippen molar-refractivity contribution in [3.63, 3.8) is 0 Å². The van der Waals surface area contributed by atoms with Crippen molar-refractivity contribution in [3.05, 3.63) is 40.6 Å². The minimum Gasteiger partial charge on any atom is -0.491 e. The standard InChI is InChI=1S/C17H17N3O3S2/c1-18-16-19-14(10-24-16)15-11-25-17(20-15)23-9-12-4-3-5-13(8-12)22-7-6-21-2/h3-5,8,10-11H,1,6-7,9H2,2H3. The number of thiazole rings is 2. The van der Waals surface area contributed by atoms with E-state index in [0.717, 1.165) is 22.7 Å². The second kappa shape index (κ2) is 8.70. The molecule has 0 unspecified atom stereocenters. The molecule has 0 spiro atoms. The van der Waals surface area contributed by atoms with Gasteiger partial charge in [0.1, 0.15) is 30.4 Å².